The van der Waals surface area contributed by atoms with Gasteiger partial charge in [0.1, 0.15) is 5.92 Å². The van der Waals surface area contributed by atoms with E-state index in [-0.39, 0.29) is 6.42 Å². The van der Waals surface area contributed by atoms with Crippen LogP contribution in [0.5, 0.6) is 0 Å². The number of hydrogen-bond donors (Lipinski definition) is 1. The van der Waals surface area contributed by atoms with Crippen molar-refractivity contribution in [2.24, 2.45) is 0 Å². The molecule has 1 aromatic carbocycles. The third-order valence-electron chi connectivity index (χ3n) is 3.23. The fourth-order valence-corrected chi connectivity index (χ4v) is 2.06. The lowest BCUT2D eigenvalue weighted by atomic mass is 10.0. The maximum atomic E-state index is 11.9. The van der Waals surface area contributed by atoms with Crippen LogP contribution in [0.3, 0.4) is 0 Å². The van der Waals surface area contributed by atoms with E-state index in [0.29, 0.717) is 17.1 Å². The summed E-state index contributed by atoms with van der Waals surface area (Å²) >= 11 is 0. The van der Waals surface area contributed by atoms with Crippen LogP contribution in [-0.4, -0.2) is 35.9 Å². The van der Waals surface area contributed by atoms with E-state index in [1.165, 1.54) is 14.2 Å². The number of methoxy groups -OCH3 is 2. The zero-order valence-electron chi connectivity index (χ0n) is 12.4. The molecule has 0 spiro atoms. The number of carbonyl (C=O) groups is 2. The normalized spacial score (nSPS) is 11.7. The number of para-hydroxylation sites is 2. The first-order valence-corrected chi connectivity index (χ1v) is 6.62. The summed E-state index contributed by atoms with van der Waals surface area (Å²) in [5.74, 6) is -1.87. The largest absolute Gasteiger partial charge is 0.469 e. The van der Waals surface area contributed by atoms with Gasteiger partial charge in [0.15, 0.2) is 0 Å². The zero-order valence-corrected chi connectivity index (χ0v) is 12.4. The lowest BCUT2D eigenvalue weighted by Crippen LogP contribution is -2.19. The van der Waals surface area contributed by atoms with E-state index in [0.717, 1.165) is 0 Å². The number of aromatic nitrogens is 2. The van der Waals surface area contributed by atoms with E-state index in [2.05, 4.69) is 9.84 Å². The number of anilines is 1. The highest BCUT2D eigenvalue weighted by atomic mass is 16.5. The molecule has 2 N–H and O–H groups in total. The fraction of sp³-hybridized carbons (Fsp3) is 0.267. The number of rotatable bonds is 5. The van der Waals surface area contributed by atoms with Gasteiger partial charge in [-0.15, -0.1) is 0 Å². The van der Waals surface area contributed by atoms with Crippen molar-refractivity contribution >= 4 is 17.6 Å². The minimum atomic E-state index is -0.816. The second-order valence-corrected chi connectivity index (χ2v) is 4.60. The third kappa shape index (κ3) is 3.25. The molecular formula is C15H17N3O4. The van der Waals surface area contributed by atoms with Gasteiger partial charge in [0, 0.05) is 6.20 Å². The van der Waals surface area contributed by atoms with Crippen LogP contribution in [0.4, 0.5) is 5.69 Å². The van der Waals surface area contributed by atoms with Crippen LogP contribution < -0.4 is 5.73 Å². The zero-order chi connectivity index (χ0) is 16.1. The lowest BCUT2D eigenvalue weighted by Gasteiger charge is -2.11. The number of carbonyl (C=O) groups excluding carboxylic acids is 2. The summed E-state index contributed by atoms with van der Waals surface area (Å²) in [5.41, 5.74) is 7.56. The molecule has 0 fully saturated rings. The first-order valence-electron chi connectivity index (χ1n) is 6.62. The summed E-state index contributed by atoms with van der Waals surface area (Å²) in [6.07, 6.45) is 1.54. The summed E-state index contributed by atoms with van der Waals surface area (Å²) in [4.78, 5) is 23.3. The van der Waals surface area contributed by atoms with Crippen molar-refractivity contribution in [2.75, 3.05) is 20.0 Å². The maximum absolute atomic E-state index is 11.9. The van der Waals surface area contributed by atoms with Gasteiger partial charge >= 0.3 is 11.9 Å². The average Bonchev–Trinajstić information content (AvgIpc) is 3.01. The van der Waals surface area contributed by atoms with E-state index in [1.54, 1.807) is 29.1 Å². The van der Waals surface area contributed by atoms with Crippen molar-refractivity contribution in [1.29, 1.82) is 0 Å². The first kappa shape index (κ1) is 15.6. The van der Waals surface area contributed by atoms with E-state index in [9.17, 15) is 9.59 Å². The molecule has 1 heterocycles. The molecule has 0 aliphatic rings. The van der Waals surface area contributed by atoms with Crippen LogP contribution in [0.25, 0.3) is 5.69 Å². The number of ether oxygens (including phenoxy) is 2. The third-order valence-corrected chi connectivity index (χ3v) is 3.23. The van der Waals surface area contributed by atoms with Crippen LogP contribution in [0.1, 0.15) is 18.0 Å². The number of hydrogen-bond acceptors (Lipinski definition) is 6. The Hall–Kier alpha value is -2.83. The summed E-state index contributed by atoms with van der Waals surface area (Å²) in [6, 6.07) is 8.86. The highest BCUT2D eigenvalue weighted by Gasteiger charge is 2.27. The van der Waals surface area contributed by atoms with Gasteiger partial charge in [-0.05, 0) is 18.2 Å². The summed E-state index contributed by atoms with van der Waals surface area (Å²) in [7, 11) is 2.53. The molecule has 1 unspecified atom stereocenters. The SMILES string of the molecule is COC(=O)CC(C(=O)OC)c1ccn(-c2ccccc2N)n1. The quantitative estimate of drug-likeness (QED) is 0.660. The number of nitrogen functional groups attached to an aromatic ring is 1. The standard InChI is InChI=1S/C15H17N3O4/c1-21-14(19)9-10(15(20)22-2)12-7-8-18(17-12)13-6-4-3-5-11(13)16/h3-8,10H,9,16H2,1-2H3. The van der Waals surface area contributed by atoms with Gasteiger partial charge in [-0.3, -0.25) is 9.59 Å². The summed E-state index contributed by atoms with van der Waals surface area (Å²) in [6.45, 7) is 0. The Labute approximate surface area is 127 Å². The molecular weight excluding hydrogens is 286 g/mol. The van der Waals surface area contributed by atoms with Gasteiger partial charge in [-0.1, -0.05) is 12.1 Å². The van der Waals surface area contributed by atoms with Crippen LogP contribution in [0.2, 0.25) is 0 Å². The van der Waals surface area contributed by atoms with Gasteiger partial charge in [0.05, 0.1) is 37.7 Å². The van der Waals surface area contributed by atoms with Crippen molar-refractivity contribution in [3.8, 4) is 5.69 Å². The molecule has 2 rings (SSSR count). The Morgan fingerprint density at radius 3 is 2.59 bits per heavy atom. The van der Waals surface area contributed by atoms with Crippen LogP contribution >= 0.6 is 0 Å². The predicted octanol–water partition coefficient (Wildman–Crippen LogP) is 1.27. The molecule has 2 aromatic rings. The molecule has 22 heavy (non-hydrogen) atoms. The Morgan fingerprint density at radius 1 is 1.23 bits per heavy atom. The topological polar surface area (TPSA) is 96.4 Å². The van der Waals surface area contributed by atoms with Gasteiger partial charge in [0.25, 0.3) is 0 Å². The van der Waals surface area contributed by atoms with Crippen molar-refractivity contribution < 1.29 is 19.1 Å². The van der Waals surface area contributed by atoms with Crippen molar-refractivity contribution in [3.63, 3.8) is 0 Å². The van der Waals surface area contributed by atoms with E-state index in [4.69, 9.17) is 10.5 Å². The van der Waals surface area contributed by atoms with E-state index in [1.807, 2.05) is 12.1 Å². The summed E-state index contributed by atoms with van der Waals surface area (Å²) in [5, 5.41) is 4.33. The highest BCUT2D eigenvalue weighted by Crippen LogP contribution is 2.22. The van der Waals surface area contributed by atoms with E-state index >= 15 is 0 Å². The van der Waals surface area contributed by atoms with Crippen molar-refractivity contribution in [1.82, 2.24) is 9.78 Å². The summed E-state index contributed by atoms with van der Waals surface area (Å²) < 4.78 is 10.9. The maximum Gasteiger partial charge on any atom is 0.315 e. The number of nitrogens with zero attached hydrogens (tertiary/aromatic N) is 2. The molecule has 0 aliphatic carbocycles. The first-order chi connectivity index (χ1) is 10.6. The molecule has 7 nitrogen and oxygen atoms in total. The van der Waals surface area contributed by atoms with Crippen LogP contribution in [-0.2, 0) is 19.1 Å². The Morgan fingerprint density at radius 2 is 1.95 bits per heavy atom. The van der Waals surface area contributed by atoms with Crippen LogP contribution in [0.15, 0.2) is 36.5 Å². The van der Waals surface area contributed by atoms with Gasteiger partial charge < -0.3 is 15.2 Å². The Kier molecular flexibility index (Phi) is 4.77. The minimum absolute atomic E-state index is 0.134. The number of benzene rings is 1. The predicted molar refractivity (Wildman–Crippen MR) is 79.4 cm³/mol. The highest BCUT2D eigenvalue weighted by molar-refractivity contribution is 5.83. The molecule has 0 aliphatic heterocycles. The second kappa shape index (κ2) is 6.75. The molecule has 116 valence electrons. The van der Waals surface area contributed by atoms with Crippen molar-refractivity contribution in [2.45, 2.75) is 12.3 Å². The number of nitrogens with two attached hydrogens (primary N) is 1. The van der Waals surface area contributed by atoms with Crippen molar-refractivity contribution in [3.05, 3.63) is 42.2 Å². The lowest BCUT2D eigenvalue weighted by molar-refractivity contribution is -0.149. The average molecular weight is 303 g/mol. The molecule has 1 aromatic heterocycles. The van der Waals surface area contributed by atoms with Gasteiger partial charge in [-0.2, -0.15) is 5.10 Å². The molecule has 0 saturated heterocycles. The molecule has 1 atom stereocenters. The molecule has 0 bridgehead atoms. The fourth-order valence-electron chi connectivity index (χ4n) is 2.06. The van der Waals surface area contributed by atoms with E-state index < -0.39 is 17.9 Å². The van der Waals surface area contributed by atoms with Crippen LogP contribution in [0, 0.1) is 0 Å². The molecule has 7 heteroatoms. The number of esters is 2. The minimum Gasteiger partial charge on any atom is -0.469 e. The smallest absolute Gasteiger partial charge is 0.315 e. The van der Waals surface area contributed by atoms with Gasteiger partial charge in [-0.25, -0.2) is 4.68 Å². The monoisotopic (exact) mass is 303 g/mol. The Bertz CT molecular complexity index is 681. The molecule has 0 amide bonds. The molecule has 0 saturated carbocycles. The Balaban J connectivity index is 2.32. The molecule has 0 radical (unpaired) electrons. The van der Waals surface area contributed by atoms with Gasteiger partial charge in [0.2, 0.25) is 0 Å². The second-order valence-electron chi connectivity index (χ2n) is 4.60.